The quantitative estimate of drug-likeness (QED) is 0.686. The number of hydrogen-bond acceptors (Lipinski definition) is 3. The van der Waals surface area contributed by atoms with E-state index >= 15 is 0 Å². The molecule has 1 aliphatic rings. The lowest BCUT2D eigenvalue weighted by Gasteiger charge is -2.45. The number of hydrogen-bond donors (Lipinski definition) is 1. The maximum absolute atomic E-state index is 10.7. The Morgan fingerprint density at radius 3 is 2.50 bits per heavy atom. The average Bonchev–Trinajstić information content (AvgIpc) is 2.59. The zero-order chi connectivity index (χ0) is 17.4. The van der Waals surface area contributed by atoms with Gasteiger partial charge in [-0.15, -0.1) is 0 Å². The van der Waals surface area contributed by atoms with Crippen molar-refractivity contribution in [2.45, 2.75) is 77.7 Å². The van der Waals surface area contributed by atoms with Crippen molar-refractivity contribution in [1.82, 2.24) is 4.90 Å². The van der Waals surface area contributed by atoms with E-state index in [0.29, 0.717) is 12.5 Å². The largest absolute Gasteiger partial charge is 0.389 e. The highest BCUT2D eigenvalue weighted by Crippen LogP contribution is 2.26. The summed E-state index contributed by atoms with van der Waals surface area (Å²) in [6.45, 7) is 9.29. The minimum atomic E-state index is -0.409. The highest BCUT2D eigenvalue weighted by Gasteiger charge is 2.39. The number of piperidine rings is 1. The molecule has 24 heavy (non-hydrogen) atoms. The molecule has 3 nitrogen and oxygen atoms in total. The topological polar surface area (TPSA) is 32.7 Å². The third kappa shape index (κ3) is 5.58. The first-order valence-corrected chi connectivity index (χ1v) is 9.71. The number of rotatable bonds is 9. The zero-order valence-electron chi connectivity index (χ0n) is 15.7. The van der Waals surface area contributed by atoms with Crippen LogP contribution in [0.3, 0.4) is 0 Å². The standard InChI is InChI=1S/C21H35NO2/c1-4-5-6-7-11-14-22-15-17(2)21(20(23)18(22)3)24-16-19-12-9-8-10-13-19/h8-10,12-13,17-18,20-21,23H,4-7,11,14-16H2,1-3H3/t17-,18+,20-,21+/m0/s1. The molecule has 136 valence electrons. The van der Waals surface area contributed by atoms with Crippen LogP contribution in [0.25, 0.3) is 0 Å². The monoisotopic (exact) mass is 333 g/mol. The maximum atomic E-state index is 10.7. The molecular weight excluding hydrogens is 298 g/mol. The van der Waals surface area contributed by atoms with Crippen LogP contribution in [0.2, 0.25) is 0 Å². The normalized spacial score (nSPS) is 28.2. The van der Waals surface area contributed by atoms with Gasteiger partial charge in [-0.1, -0.05) is 69.9 Å². The summed E-state index contributed by atoms with van der Waals surface area (Å²) in [7, 11) is 0. The highest BCUT2D eigenvalue weighted by molar-refractivity contribution is 5.13. The van der Waals surface area contributed by atoms with Gasteiger partial charge in [-0.05, 0) is 31.4 Å². The lowest BCUT2D eigenvalue weighted by molar-refractivity contribution is -0.134. The van der Waals surface area contributed by atoms with Crippen LogP contribution in [-0.4, -0.2) is 41.3 Å². The van der Waals surface area contributed by atoms with Crippen LogP contribution in [0.5, 0.6) is 0 Å². The van der Waals surface area contributed by atoms with Gasteiger partial charge in [-0.2, -0.15) is 0 Å². The molecule has 4 atom stereocenters. The van der Waals surface area contributed by atoms with E-state index in [9.17, 15) is 5.11 Å². The van der Waals surface area contributed by atoms with Crippen molar-refractivity contribution < 1.29 is 9.84 Å². The van der Waals surface area contributed by atoms with Crippen molar-refractivity contribution in [3.05, 3.63) is 35.9 Å². The summed E-state index contributed by atoms with van der Waals surface area (Å²) in [5, 5.41) is 10.7. The predicted octanol–water partition coefficient (Wildman–Crippen LogP) is 4.24. The molecule has 0 aromatic heterocycles. The molecule has 0 bridgehead atoms. The van der Waals surface area contributed by atoms with Gasteiger partial charge in [0, 0.05) is 12.6 Å². The first-order chi connectivity index (χ1) is 11.6. The minimum absolute atomic E-state index is 0.0726. The molecule has 0 amide bonds. The summed E-state index contributed by atoms with van der Waals surface area (Å²) in [6, 6.07) is 10.4. The summed E-state index contributed by atoms with van der Waals surface area (Å²) in [5.74, 6) is 0.357. The summed E-state index contributed by atoms with van der Waals surface area (Å²) in [5.41, 5.74) is 1.17. The number of ether oxygens (including phenoxy) is 1. The van der Waals surface area contributed by atoms with E-state index in [0.717, 1.165) is 13.1 Å². The Labute approximate surface area is 148 Å². The van der Waals surface area contributed by atoms with Gasteiger partial charge in [0.1, 0.15) is 0 Å². The van der Waals surface area contributed by atoms with Crippen LogP contribution in [0, 0.1) is 5.92 Å². The Kier molecular flexibility index (Phi) is 8.23. The lowest BCUT2D eigenvalue weighted by atomic mass is 9.88. The van der Waals surface area contributed by atoms with Crippen LogP contribution in [0.15, 0.2) is 30.3 Å². The summed E-state index contributed by atoms with van der Waals surface area (Å²) in [6.07, 6.45) is 6.01. The second-order valence-corrected chi connectivity index (χ2v) is 7.38. The van der Waals surface area contributed by atoms with Gasteiger partial charge in [0.05, 0.1) is 18.8 Å². The van der Waals surface area contributed by atoms with Gasteiger partial charge >= 0.3 is 0 Å². The molecule has 1 saturated heterocycles. The second kappa shape index (κ2) is 10.2. The molecule has 0 spiro atoms. The minimum Gasteiger partial charge on any atom is -0.389 e. The Balaban J connectivity index is 1.80. The SMILES string of the molecule is CCCCCCCN1C[C@H](C)[C@@H](OCc2ccccc2)[C@@H](O)[C@H]1C. The Morgan fingerprint density at radius 1 is 1.08 bits per heavy atom. The summed E-state index contributed by atoms with van der Waals surface area (Å²) >= 11 is 0. The Hall–Kier alpha value is -0.900. The van der Waals surface area contributed by atoms with Gasteiger partial charge in [0.15, 0.2) is 0 Å². The Morgan fingerprint density at radius 2 is 1.79 bits per heavy atom. The number of aliphatic hydroxyl groups excluding tert-OH is 1. The number of benzene rings is 1. The number of aliphatic hydroxyl groups is 1. The van der Waals surface area contributed by atoms with E-state index in [1.165, 1.54) is 37.7 Å². The second-order valence-electron chi connectivity index (χ2n) is 7.38. The number of likely N-dealkylation sites (tertiary alicyclic amines) is 1. The fourth-order valence-electron chi connectivity index (χ4n) is 3.71. The van der Waals surface area contributed by atoms with E-state index in [1.54, 1.807) is 0 Å². The van der Waals surface area contributed by atoms with E-state index in [2.05, 4.69) is 37.8 Å². The van der Waals surface area contributed by atoms with Gasteiger partial charge in [0.2, 0.25) is 0 Å². The van der Waals surface area contributed by atoms with E-state index in [1.807, 2.05) is 18.2 Å². The molecule has 1 N–H and O–H groups in total. The molecule has 0 unspecified atom stereocenters. The van der Waals surface area contributed by atoms with Crippen LogP contribution < -0.4 is 0 Å². The molecule has 0 saturated carbocycles. The molecule has 1 fully saturated rings. The smallest absolute Gasteiger partial charge is 0.0957 e. The molecule has 1 heterocycles. The predicted molar refractivity (Wildman–Crippen MR) is 100.0 cm³/mol. The van der Waals surface area contributed by atoms with Crippen LogP contribution in [0.1, 0.15) is 58.4 Å². The summed E-state index contributed by atoms with van der Waals surface area (Å²) in [4.78, 5) is 2.45. The highest BCUT2D eigenvalue weighted by atomic mass is 16.5. The fourth-order valence-corrected chi connectivity index (χ4v) is 3.71. The third-order valence-electron chi connectivity index (χ3n) is 5.32. The molecule has 0 radical (unpaired) electrons. The van der Waals surface area contributed by atoms with Crippen molar-refractivity contribution in [1.29, 1.82) is 0 Å². The van der Waals surface area contributed by atoms with E-state index in [4.69, 9.17) is 4.74 Å². The molecule has 1 aromatic rings. The van der Waals surface area contributed by atoms with E-state index in [-0.39, 0.29) is 12.1 Å². The fraction of sp³-hybridized carbons (Fsp3) is 0.714. The van der Waals surface area contributed by atoms with Crippen molar-refractivity contribution in [3.63, 3.8) is 0 Å². The van der Waals surface area contributed by atoms with Gasteiger partial charge < -0.3 is 9.84 Å². The van der Waals surface area contributed by atoms with Crippen LogP contribution in [0.4, 0.5) is 0 Å². The maximum Gasteiger partial charge on any atom is 0.0957 e. The third-order valence-corrected chi connectivity index (χ3v) is 5.32. The molecule has 3 heteroatoms. The molecule has 2 rings (SSSR count). The molecule has 1 aliphatic heterocycles. The Bertz CT molecular complexity index is 450. The van der Waals surface area contributed by atoms with E-state index < -0.39 is 6.10 Å². The van der Waals surface area contributed by atoms with Gasteiger partial charge in [-0.3, -0.25) is 4.90 Å². The summed E-state index contributed by atoms with van der Waals surface area (Å²) < 4.78 is 6.09. The van der Waals surface area contributed by atoms with Crippen LogP contribution >= 0.6 is 0 Å². The lowest BCUT2D eigenvalue weighted by Crippen LogP contribution is -2.58. The van der Waals surface area contributed by atoms with Crippen LogP contribution in [-0.2, 0) is 11.3 Å². The van der Waals surface area contributed by atoms with Crippen molar-refractivity contribution in [3.8, 4) is 0 Å². The van der Waals surface area contributed by atoms with Gasteiger partial charge in [-0.25, -0.2) is 0 Å². The zero-order valence-corrected chi connectivity index (χ0v) is 15.7. The average molecular weight is 334 g/mol. The molecule has 0 aliphatic carbocycles. The van der Waals surface area contributed by atoms with Gasteiger partial charge in [0.25, 0.3) is 0 Å². The molecular formula is C21H35NO2. The first-order valence-electron chi connectivity index (χ1n) is 9.71. The number of unbranched alkanes of at least 4 members (excludes halogenated alkanes) is 4. The first kappa shape index (κ1) is 19.4. The molecule has 1 aromatic carbocycles. The van der Waals surface area contributed by atoms with Crippen molar-refractivity contribution in [2.24, 2.45) is 5.92 Å². The van der Waals surface area contributed by atoms with Crippen molar-refractivity contribution >= 4 is 0 Å². The van der Waals surface area contributed by atoms with Crippen molar-refractivity contribution in [2.75, 3.05) is 13.1 Å². The number of nitrogens with zero attached hydrogens (tertiary/aromatic N) is 1.